The second-order valence-corrected chi connectivity index (χ2v) is 8.95. The molecule has 0 saturated carbocycles. The summed E-state index contributed by atoms with van der Waals surface area (Å²) in [6, 6.07) is 19.7. The van der Waals surface area contributed by atoms with Crippen LogP contribution in [0.4, 0.5) is 16.2 Å². The highest BCUT2D eigenvalue weighted by atomic mass is 127. The fourth-order valence-electron chi connectivity index (χ4n) is 3.36. The fourth-order valence-corrected chi connectivity index (χ4v) is 3.88. The Hall–Kier alpha value is -3.90. The molecule has 0 heterocycles. The first-order valence-corrected chi connectivity index (χ1v) is 12.4. The van der Waals surface area contributed by atoms with Gasteiger partial charge in [0.15, 0.2) is 6.10 Å². The first-order valence-electron chi connectivity index (χ1n) is 11.3. The number of carbonyl (C=O) groups is 3. The van der Waals surface area contributed by atoms with E-state index in [0.717, 1.165) is 3.57 Å². The molecule has 192 valence electrons. The van der Waals surface area contributed by atoms with Crippen molar-refractivity contribution in [3.8, 4) is 5.75 Å². The molecule has 0 aliphatic carbocycles. The molecule has 0 bridgehead atoms. The Labute approximate surface area is 227 Å². The van der Waals surface area contributed by atoms with Crippen LogP contribution < -0.4 is 16.4 Å². The number of phenols is 1. The van der Waals surface area contributed by atoms with Gasteiger partial charge in [0.05, 0.1) is 11.4 Å². The topological polar surface area (TPSA) is 140 Å². The Kier molecular flexibility index (Phi) is 10.0. The highest BCUT2D eigenvalue weighted by Gasteiger charge is 2.29. The van der Waals surface area contributed by atoms with Crippen LogP contribution in [-0.2, 0) is 14.3 Å². The maximum Gasteiger partial charge on any atom is 0.414 e. The van der Waals surface area contributed by atoms with Crippen molar-refractivity contribution in [3.05, 3.63) is 99.6 Å². The summed E-state index contributed by atoms with van der Waals surface area (Å²) >= 11 is 2.05. The number of anilines is 2. The number of aromatic hydroxyl groups is 1. The zero-order chi connectivity index (χ0) is 26.8. The number of nitrogens with two attached hydrogens (primary N) is 1. The lowest BCUT2D eigenvalue weighted by Gasteiger charge is -2.26. The van der Waals surface area contributed by atoms with Gasteiger partial charge in [0.2, 0.25) is 5.91 Å². The predicted molar refractivity (Wildman–Crippen MR) is 148 cm³/mol. The zero-order valence-corrected chi connectivity index (χ0v) is 22.0. The number of ether oxygens (including phenoxy) is 2. The van der Waals surface area contributed by atoms with Gasteiger partial charge in [0.1, 0.15) is 11.9 Å². The lowest BCUT2D eigenvalue weighted by atomic mass is 10.0. The van der Waals surface area contributed by atoms with Crippen LogP contribution in [0.2, 0.25) is 0 Å². The molecular weight excluding hydrogens is 589 g/mol. The second-order valence-electron chi connectivity index (χ2n) is 7.70. The highest BCUT2D eigenvalue weighted by Crippen LogP contribution is 2.33. The molecule has 3 amide bonds. The number of benzene rings is 3. The van der Waals surface area contributed by atoms with E-state index in [9.17, 15) is 19.5 Å². The molecule has 0 spiro atoms. The van der Waals surface area contributed by atoms with E-state index in [1.165, 1.54) is 18.2 Å². The number of nitrogen functional groups attached to an aromatic ring is 1. The summed E-state index contributed by atoms with van der Waals surface area (Å²) in [4.78, 5) is 37.7. The molecule has 3 aromatic carbocycles. The molecule has 0 saturated heterocycles. The average Bonchev–Trinajstić information content (AvgIpc) is 2.88. The molecular formula is C27H26IN3O6. The Morgan fingerprint density at radius 1 is 1.05 bits per heavy atom. The van der Waals surface area contributed by atoms with Gasteiger partial charge in [-0.1, -0.05) is 30.3 Å². The fraction of sp³-hybridized carbons (Fsp3) is 0.148. The summed E-state index contributed by atoms with van der Waals surface area (Å²) in [5.41, 5.74) is 7.23. The van der Waals surface area contributed by atoms with E-state index in [1.807, 2.05) is 0 Å². The van der Waals surface area contributed by atoms with Crippen LogP contribution in [0.25, 0.3) is 0 Å². The largest absolute Gasteiger partial charge is 0.508 e. The van der Waals surface area contributed by atoms with Crippen molar-refractivity contribution < 1.29 is 29.0 Å². The third-order valence-corrected chi connectivity index (χ3v) is 5.77. The summed E-state index contributed by atoms with van der Waals surface area (Å²) in [6.45, 7) is 1.94. The third kappa shape index (κ3) is 8.05. The standard InChI is InChI=1S/C27H26IN3O6/c1-2-36-23(14-15-24(33)30-21-11-7-6-10-20(21)29)25(19-16-18(28)12-13-22(19)32)37-27(35)31-26(34)17-8-4-3-5-9-17/h3-16,23,25,32H,2,29H2,1H3,(H,30,33)(H,31,34,35)/b15-14+/t23-,25-/m1/s1. The van der Waals surface area contributed by atoms with Crippen molar-refractivity contribution in [1.29, 1.82) is 0 Å². The Morgan fingerprint density at radius 3 is 2.46 bits per heavy atom. The Balaban J connectivity index is 1.85. The van der Waals surface area contributed by atoms with E-state index in [4.69, 9.17) is 15.2 Å². The SMILES string of the molecule is CCO[C@H](/C=C/C(=O)Nc1ccccc1N)[C@H](OC(=O)NC(=O)c1ccccc1)c1cc(I)ccc1O. The molecule has 9 nitrogen and oxygen atoms in total. The molecule has 0 fully saturated rings. The summed E-state index contributed by atoms with van der Waals surface area (Å²) < 4.78 is 12.1. The summed E-state index contributed by atoms with van der Waals surface area (Å²) in [5.74, 6) is -1.29. The average molecular weight is 615 g/mol. The van der Waals surface area contributed by atoms with Crippen molar-refractivity contribution in [3.63, 3.8) is 0 Å². The van der Waals surface area contributed by atoms with Gasteiger partial charge in [-0.3, -0.25) is 14.9 Å². The molecule has 37 heavy (non-hydrogen) atoms. The number of hydrogen-bond acceptors (Lipinski definition) is 7. The molecule has 2 atom stereocenters. The second kappa shape index (κ2) is 13.4. The maximum atomic E-state index is 12.7. The molecule has 0 unspecified atom stereocenters. The minimum Gasteiger partial charge on any atom is -0.508 e. The summed E-state index contributed by atoms with van der Waals surface area (Å²) in [5, 5.41) is 15.4. The Morgan fingerprint density at radius 2 is 1.76 bits per heavy atom. The van der Waals surface area contributed by atoms with Gasteiger partial charge in [0, 0.05) is 27.4 Å². The van der Waals surface area contributed by atoms with E-state index < -0.39 is 30.1 Å². The van der Waals surface area contributed by atoms with Gasteiger partial charge in [-0.25, -0.2) is 4.79 Å². The van der Waals surface area contributed by atoms with Crippen molar-refractivity contribution in [2.45, 2.75) is 19.1 Å². The number of amides is 3. The van der Waals surface area contributed by atoms with Crippen LogP contribution in [0.15, 0.2) is 84.9 Å². The smallest absolute Gasteiger partial charge is 0.414 e. The normalized spacial score (nSPS) is 12.5. The van der Waals surface area contributed by atoms with Crippen LogP contribution >= 0.6 is 22.6 Å². The molecule has 0 radical (unpaired) electrons. The minimum atomic E-state index is -1.19. The van der Waals surface area contributed by atoms with Gasteiger partial charge in [-0.05, 0) is 78.1 Å². The number of halogens is 1. The number of rotatable bonds is 9. The van der Waals surface area contributed by atoms with Crippen molar-refractivity contribution in [2.24, 2.45) is 0 Å². The van der Waals surface area contributed by atoms with Crippen LogP contribution in [-0.4, -0.2) is 35.7 Å². The number of carbonyl (C=O) groups excluding carboxylic acids is 3. The first-order chi connectivity index (χ1) is 17.8. The zero-order valence-electron chi connectivity index (χ0n) is 19.9. The van der Waals surface area contributed by atoms with Gasteiger partial charge in [-0.15, -0.1) is 0 Å². The lowest BCUT2D eigenvalue weighted by Crippen LogP contribution is -2.35. The van der Waals surface area contributed by atoms with Crippen LogP contribution in [0.3, 0.4) is 0 Å². The number of phenolic OH excluding ortho intramolecular Hbond substituents is 1. The quantitative estimate of drug-likeness (QED) is 0.154. The third-order valence-electron chi connectivity index (χ3n) is 5.10. The number of nitrogens with one attached hydrogen (secondary N) is 2. The molecule has 5 N–H and O–H groups in total. The molecule has 10 heteroatoms. The van der Waals surface area contributed by atoms with Crippen LogP contribution in [0.5, 0.6) is 5.75 Å². The molecule has 0 aromatic heterocycles. The first kappa shape index (κ1) is 27.7. The van der Waals surface area contributed by atoms with Crippen LogP contribution in [0, 0.1) is 3.57 Å². The van der Waals surface area contributed by atoms with Crippen molar-refractivity contribution >= 4 is 51.9 Å². The van der Waals surface area contributed by atoms with Crippen molar-refractivity contribution in [2.75, 3.05) is 17.7 Å². The molecule has 3 aromatic rings. The van der Waals surface area contributed by atoms with E-state index in [-0.39, 0.29) is 23.5 Å². The van der Waals surface area contributed by atoms with Gasteiger partial charge in [-0.2, -0.15) is 0 Å². The van der Waals surface area contributed by atoms with Crippen LogP contribution in [0.1, 0.15) is 28.9 Å². The summed E-state index contributed by atoms with van der Waals surface area (Å²) in [7, 11) is 0. The monoisotopic (exact) mass is 615 g/mol. The molecule has 0 aliphatic rings. The number of alkyl carbamates (subject to hydrolysis) is 1. The highest BCUT2D eigenvalue weighted by molar-refractivity contribution is 14.1. The van der Waals surface area contributed by atoms with E-state index >= 15 is 0 Å². The molecule has 3 rings (SSSR count). The predicted octanol–water partition coefficient (Wildman–Crippen LogP) is 4.79. The number of hydrogen-bond donors (Lipinski definition) is 4. The summed E-state index contributed by atoms with van der Waals surface area (Å²) in [6.07, 6.45) is -0.582. The lowest BCUT2D eigenvalue weighted by molar-refractivity contribution is -0.112. The van der Waals surface area contributed by atoms with Gasteiger partial charge >= 0.3 is 6.09 Å². The number of para-hydroxylation sites is 2. The van der Waals surface area contributed by atoms with Gasteiger partial charge < -0.3 is 25.6 Å². The number of imide groups is 1. The Bertz CT molecular complexity index is 1280. The van der Waals surface area contributed by atoms with E-state index in [2.05, 4.69) is 33.2 Å². The van der Waals surface area contributed by atoms with Crippen molar-refractivity contribution in [1.82, 2.24) is 5.32 Å². The van der Waals surface area contributed by atoms with E-state index in [0.29, 0.717) is 11.4 Å². The maximum absolute atomic E-state index is 12.7. The molecule has 0 aliphatic heterocycles. The van der Waals surface area contributed by atoms with E-state index in [1.54, 1.807) is 73.7 Å². The minimum absolute atomic E-state index is 0.146. The van der Waals surface area contributed by atoms with Gasteiger partial charge in [0.25, 0.3) is 5.91 Å².